The van der Waals surface area contributed by atoms with Crippen LogP contribution in [0, 0.1) is 0 Å². The Kier molecular flexibility index (Phi) is 4.18. The van der Waals surface area contributed by atoms with Crippen LogP contribution in [0.25, 0.3) is 0 Å². The summed E-state index contributed by atoms with van der Waals surface area (Å²) in [6.45, 7) is 3.39. The van der Waals surface area contributed by atoms with Crippen LogP contribution in [-0.4, -0.2) is 48.3 Å². The van der Waals surface area contributed by atoms with Crippen molar-refractivity contribution in [2.45, 2.75) is 25.8 Å². The molecule has 0 spiro atoms. The van der Waals surface area contributed by atoms with Crippen molar-refractivity contribution in [2.24, 2.45) is 0 Å². The van der Waals surface area contributed by atoms with Gasteiger partial charge in [0.05, 0.1) is 12.6 Å². The lowest BCUT2D eigenvalue weighted by Gasteiger charge is -2.22. The third kappa shape index (κ3) is 2.67. The highest BCUT2D eigenvalue weighted by Gasteiger charge is 2.27. The van der Waals surface area contributed by atoms with Gasteiger partial charge >= 0.3 is 0 Å². The second kappa shape index (κ2) is 5.19. The summed E-state index contributed by atoms with van der Waals surface area (Å²) in [4.78, 5) is 13.2. The summed E-state index contributed by atoms with van der Waals surface area (Å²) in [7, 11) is 0. The van der Waals surface area contributed by atoms with Crippen molar-refractivity contribution in [3.05, 3.63) is 0 Å². The third-order valence-electron chi connectivity index (χ3n) is 2.34. The standard InChI is InChI=1S/C9H17NO3/c1-2-13-7-9(12)10-5-3-4-8(10)6-11/h8,11H,2-7H2,1H3/t8-/m1/s1. The fraction of sp³-hybridized carbons (Fsp3) is 0.889. The van der Waals surface area contributed by atoms with Crippen molar-refractivity contribution in [1.82, 2.24) is 4.90 Å². The number of rotatable bonds is 4. The zero-order valence-corrected chi connectivity index (χ0v) is 8.03. The zero-order chi connectivity index (χ0) is 9.68. The van der Waals surface area contributed by atoms with Gasteiger partial charge in [0.2, 0.25) is 5.91 Å². The van der Waals surface area contributed by atoms with Crippen LogP contribution in [-0.2, 0) is 9.53 Å². The number of hydrogen-bond acceptors (Lipinski definition) is 3. The summed E-state index contributed by atoms with van der Waals surface area (Å²) in [5, 5.41) is 8.98. The van der Waals surface area contributed by atoms with E-state index in [0.29, 0.717) is 6.61 Å². The zero-order valence-electron chi connectivity index (χ0n) is 8.03. The van der Waals surface area contributed by atoms with Crippen molar-refractivity contribution in [2.75, 3.05) is 26.4 Å². The van der Waals surface area contributed by atoms with E-state index in [0.717, 1.165) is 19.4 Å². The first-order valence-electron chi connectivity index (χ1n) is 4.77. The summed E-state index contributed by atoms with van der Waals surface area (Å²) in [5.74, 6) is -0.00148. The Balaban J connectivity index is 2.36. The Morgan fingerprint density at radius 2 is 2.46 bits per heavy atom. The Hall–Kier alpha value is -0.610. The van der Waals surface area contributed by atoms with E-state index < -0.39 is 0 Å². The molecule has 1 aliphatic rings. The summed E-state index contributed by atoms with van der Waals surface area (Å²) >= 11 is 0. The topological polar surface area (TPSA) is 49.8 Å². The van der Waals surface area contributed by atoms with Gasteiger partial charge in [0.15, 0.2) is 0 Å². The van der Waals surface area contributed by atoms with Gasteiger partial charge < -0.3 is 14.7 Å². The van der Waals surface area contributed by atoms with Crippen LogP contribution in [0.1, 0.15) is 19.8 Å². The fourth-order valence-corrected chi connectivity index (χ4v) is 1.63. The van der Waals surface area contributed by atoms with Crippen LogP contribution in [0.5, 0.6) is 0 Å². The minimum atomic E-state index is -0.00148. The molecular weight excluding hydrogens is 170 g/mol. The molecule has 0 aromatic rings. The first kappa shape index (κ1) is 10.5. The average Bonchev–Trinajstić information content (AvgIpc) is 2.61. The Labute approximate surface area is 78.5 Å². The molecular formula is C9H17NO3. The minimum absolute atomic E-state index is 0.00148. The molecule has 1 aliphatic heterocycles. The van der Waals surface area contributed by atoms with E-state index in [2.05, 4.69) is 0 Å². The lowest BCUT2D eigenvalue weighted by molar-refractivity contribution is -0.137. The molecule has 1 amide bonds. The molecule has 1 N–H and O–H groups in total. The van der Waals surface area contributed by atoms with Crippen molar-refractivity contribution in [1.29, 1.82) is 0 Å². The molecule has 0 unspecified atom stereocenters. The molecule has 1 atom stereocenters. The molecule has 1 fully saturated rings. The number of aliphatic hydroxyl groups is 1. The van der Waals surface area contributed by atoms with Crippen molar-refractivity contribution >= 4 is 5.91 Å². The molecule has 0 aliphatic carbocycles. The molecule has 76 valence electrons. The number of nitrogens with zero attached hydrogens (tertiary/aromatic N) is 1. The number of amides is 1. The molecule has 0 aromatic carbocycles. The molecule has 4 nitrogen and oxygen atoms in total. The van der Waals surface area contributed by atoms with Crippen LogP contribution in [0.3, 0.4) is 0 Å². The van der Waals surface area contributed by atoms with E-state index >= 15 is 0 Å². The van der Waals surface area contributed by atoms with Crippen LogP contribution >= 0.6 is 0 Å². The maximum Gasteiger partial charge on any atom is 0.248 e. The van der Waals surface area contributed by atoms with Crippen LogP contribution in [0.2, 0.25) is 0 Å². The summed E-state index contributed by atoms with van der Waals surface area (Å²) < 4.78 is 5.03. The van der Waals surface area contributed by atoms with Crippen molar-refractivity contribution in [3.8, 4) is 0 Å². The van der Waals surface area contributed by atoms with Crippen LogP contribution < -0.4 is 0 Å². The van der Waals surface area contributed by atoms with E-state index in [1.54, 1.807) is 4.90 Å². The highest BCUT2D eigenvalue weighted by atomic mass is 16.5. The highest BCUT2D eigenvalue weighted by Crippen LogP contribution is 2.16. The predicted octanol–water partition coefficient (Wildman–Crippen LogP) is 0.00620. The number of aliphatic hydroxyl groups excluding tert-OH is 1. The van der Waals surface area contributed by atoms with E-state index in [4.69, 9.17) is 9.84 Å². The molecule has 0 bridgehead atoms. The maximum atomic E-state index is 11.5. The molecule has 1 saturated heterocycles. The lowest BCUT2D eigenvalue weighted by Crippen LogP contribution is -2.39. The summed E-state index contributed by atoms with van der Waals surface area (Å²) in [6, 6.07) is 0.0213. The minimum Gasteiger partial charge on any atom is -0.394 e. The quantitative estimate of drug-likeness (QED) is 0.674. The first-order chi connectivity index (χ1) is 6.29. The van der Waals surface area contributed by atoms with E-state index in [-0.39, 0.29) is 25.2 Å². The number of hydrogen-bond donors (Lipinski definition) is 1. The van der Waals surface area contributed by atoms with Gasteiger partial charge in [-0.3, -0.25) is 4.79 Å². The van der Waals surface area contributed by atoms with Gasteiger partial charge in [-0.25, -0.2) is 0 Å². The van der Waals surface area contributed by atoms with Gasteiger partial charge in [-0.2, -0.15) is 0 Å². The SMILES string of the molecule is CCOCC(=O)N1CCC[C@@H]1CO. The second-order valence-corrected chi connectivity index (χ2v) is 3.20. The normalized spacial score (nSPS) is 22.3. The molecule has 0 radical (unpaired) electrons. The largest absolute Gasteiger partial charge is 0.394 e. The maximum absolute atomic E-state index is 11.5. The van der Waals surface area contributed by atoms with Gasteiger partial charge in [0.1, 0.15) is 6.61 Å². The first-order valence-corrected chi connectivity index (χ1v) is 4.77. The predicted molar refractivity (Wildman–Crippen MR) is 48.3 cm³/mol. The van der Waals surface area contributed by atoms with Gasteiger partial charge in [-0.05, 0) is 19.8 Å². The monoisotopic (exact) mass is 187 g/mol. The molecule has 0 aromatic heterocycles. The van der Waals surface area contributed by atoms with Gasteiger partial charge in [0, 0.05) is 13.2 Å². The number of likely N-dealkylation sites (tertiary alicyclic amines) is 1. The molecule has 0 saturated carbocycles. The molecule has 1 rings (SSSR count). The summed E-state index contributed by atoms with van der Waals surface area (Å²) in [5.41, 5.74) is 0. The molecule has 1 heterocycles. The van der Waals surface area contributed by atoms with Crippen molar-refractivity contribution in [3.63, 3.8) is 0 Å². The Morgan fingerprint density at radius 3 is 3.08 bits per heavy atom. The molecule has 13 heavy (non-hydrogen) atoms. The van der Waals surface area contributed by atoms with E-state index in [1.165, 1.54) is 0 Å². The number of carbonyl (C=O) groups excluding carboxylic acids is 1. The van der Waals surface area contributed by atoms with Crippen LogP contribution in [0.4, 0.5) is 0 Å². The number of ether oxygens (including phenoxy) is 1. The molecule has 4 heteroatoms. The average molecular weight is 187 g/mol. The smallest absolute Gasteiger partial charge is 0.248 e. The Bertz CT molecular complexity index is 172. The van der Waals surface area contributed by atoms with Gasteiger partial charge in [-0.1, -0.05) is 0 Å². The van der Waals surface area contributed by atoms with Gasteiger partial charge in [0.25, 0.3) is 0 Å². The van der Waals surface area contributed by atoms with E-state index in [1.807, 2.05) is 6.92 Å². The third-order valence-corrected chi connectivity index (χ3v) is 2.34. The number of carbonyl (C=O) groups is 1. The Morgan fingerprint density at radius 1 is 1.69 bits per heavy atom. The van der Waals surface area contributed by atoms with Gasteiger partial charge in [-0.15, -0.1) is 0 Å². The van der Waals surface area contributed by atoms with Crippen LogP contribution in [0.15, 0.2) is 0 Å². The highest BCUT2D eigenvalue weighted by molar-refractivity contribution is 5.78. The van der Waals surface area contributed by atoms with Crippen molar-refractivity contribution < 1.29 is 14.6 Å². The fourth-order valence-electron chi connectivity index (χ4n) is 1.63. The lowest BCUT2D eigenvalue weighted by atomic mass is 10.2. The summed E-state index contributed by atoms with van der Waals surface area (Å²) in [6.07, 6.45) is 1.90. The second-order valence-electron chi connectivity index (χ2n) is 3.20. The van der Waals surface area contributed by atoms with E-state index in [9.17, 15) is 4.79 Å².